The minimum absolute atomic E-state index is 0.0785. The summed E-state index contributed by atoms with van der Waals surface area (Å²) in [6, 6.07) is 2.69. The third-order valence-electron chi connectivity index (χ3n) is 2.13. The Morgan fingerprint density at radius 3 is 2.67 bits per heavy atom. The predicted molar refractivity (Wildman–Crippen MR) is 64.1 cm³/mol. The first kappa shape index (κ1) is 13.9. The molecule has 98 valence electrons. The number of carboxylic acid groups (broad SMARTS) is 1. The van der Waals surface area contributed by atoms with Gasteiger partial charge in [0.05, 0.1) is 11.3 Å². The maximum Gasteiger partial charge on any atom is 0.335 e. The lowest BCUT2D eigenvalue weighted by molar-refractivity contribution is 0.0696. The van der Waals surface area contributed by atoms with Crippen LogP contribution in [-0.2, 0) is 0 Å². The van der Waals surface area contributed by atoms with E-state index < -0.39 is 17.8 Å². The Morgan fingerprint density at radius 2 is 2.11 bits per heavy atom. The highest BCUT2D eigenvalue weighted by molar-refractivity contribution is 5.91. The van der Waals surface area contributed by atoms with Gasteiger partial charge in [-0.1, -0.05) is 0 Å². The molecule has 0 aliphatic rings. The Labute approximate surface area is 103 Å². The van der Waals surface area contributed by atoms with Crippen LogP contribution in [0, 0.1) is 5.82 Å². The third kappa shape index (κ3) is 4.02. The molecular formula is C11H14FN3O3. The van der Waals surface area contributed by atoms with Gasteiger partial charge in [0.1, 0.15) is 5.82 Å². The molecule has 0 aliphatic carbocycles. The fourth-order valence-corrected chi connectivity index (χ4v) is 1.22. The lowest BCUT2D eigenvalue weighted by Gasteiger charge is -2.08. The van der Waals surface area contributed by atoms with Crippen LogP contribution in [0.2, 0.25) is 0 Å². The Morgan fingerprint density at radius 1 is 1.39 bits per heavy atom. The van der Waals surface area contributed by atoms with Crippen molar-refractivity contribution in [1.82, 2.24) is 5.32 Å². The second kappa shape index (κ2) is 6.55. The smallest absolute Gasteiger partial charge is 0.335 e. The van der Waals surface area contributed by atoms with Crippen molar-refractivity contribution in [1.29, 1.82) is 0 Å². The van der Waals surface area contributed by atoms with Gasteiger partial charge >= 0.3 is 12.0 Å². The molecule has 0 bridgehead atoms. The van der Waals surface area contributed by atoms with Crippen LogP contribution in [-0.4, -0.2) is 30.2 Å². The van der Waals surface area contributed by atoms with E-state index in [1.807, 2.05) is 0 Å². The third-order valence-corrected chi connectivity index (χ3v) is 2.13. The molecule has 0 unspecified atom stereocenters. The van der Waals surface area contributed by atoms with Crippen LogP contribution in [0.5, 0.6) is 0 Å². The molecule has 0 heterocycles. The SMILES string of the molecule is NCCCNC(=O)Nc1ccc(C(=O)O)cc1F. The van der Waals surface area contributed by atoms with Crippen molar-refractivity contribution in [2.75, 3.05) is 18.4 Å². The molecule has 0 saturated carbocycles. The van der Waals surface area contributed by atoms with Crippen LogP contribution in [0.3, 0.4) is 0 Å². The van der Waals surface area contributed by atoms with Gasteiger partial charge in [0.2, 0.25) is 0 Å². The molecule has 0 aliphatic heterocycles. The maximum absolute atomic E-state index is 13.4. The van der Waals surface area contributed by atoms with Gasteiger partial charge in [-0.3, -0.25) is 0 Å². The van der Waals surface area contributed by atoms with Crippen molar-refractivity contribution < 1.29 is 19.1 Å². The summed E-state index contributed by atoms with van der Waals surface area (Å²) in [6.45, 7) is 0.832. The summed E-state index contributed by atoms with van der Waals surface area (Å²) in [5.74, 6) is -2.03. The number of rotatable bonds is 5. The number of nitrogens with one attached hydrogen (secondary N) is 2. The molecule has 6 nitrogen and oxygen atoms in total. The minimum Gasteiger partial charge on any atom is -0.478 e. The molecule has 1 aromatic carbocycles. The van der Waals surface area contributed by atoms with Gasteiger partial charge in [-0.15, -0.1) is 0 Å². The van der Waals surface area contributed by atoms with Crippen LogP contribution in [0.15, 0.2) is 18.2 Å². The summed E-state index contributed by atoms with van der Waals surface area (Å²) in [6.07, 6.45) is 0.619. The lowest BCUT2D eigenvalue weighted by atomic mass is 10.2. The van der Waals surface area contributed by atoms with Crippen molar-refractivity contribution in [3.63, 3.8) is 0 Å². The molecule has 1 rings (SSSR count). The molecule has 7 heteroatoms. The number of benzene rings is 1. The Kier molecular flexibility index (Phi) is 5.06. The number of nitrogens with two attached hydrogens (primary N) is 1. The quantitative estimate of drug-likeness (QED) is 0.589. The van der Waals surface area contributed by atoms with Gasteiger partial charge in [0.25, 0.3) is 0 Å². The Hall–Kier alpha value is -2.15. The first-order chi connectivity index (χ1) is 8.54. The number of hydrogen-bond acceptors (Lipinski definition) is 3. The zero-order valence-electron chi connectivity index (χ0n) is 9.57. The zero-order valence-corrected chi connectivity index (χ0v) is 9.57. The first-order valence-electron chi connectivity index (χ1n) is 5.32. The summed E-state index contributed by atoms with van der Waals surface area (Å²) in [5, 5.41) is 13.4. The molecular weight excluding hydrogens is 241 g/mol. The molecule has 0 radical (unpaired) electrons. The van der Waals surface area contributed by atoms with Gasteiger partial charge in [0, 0.05) is 6.54 Å². The molecule has 0 atom stereocenters. The number of amides is 2. The molecule has 0 fully saturated rings. The summed E-state index contributed by atoms with van der Waals surface area (Å²) in [4.78, 5) is 21.9. The van der Waals surface area contributed by atoms with Gasteiger partial charge in [-0.2, -0.15) is 0 Å². The Balaban J connectivity index is 2.62. The van der Waals surface area contributed by atoms with Gasteiger partial charge in [-0.25, -0.2) is 14.0 Å². The predicted octanol–water partition coefficient (Wildman–Crippen LogP) is 0.994. The van der Waals surface area contributed by atoms with Crippen molar-refractivity contribution in [2.24, 2.45) is 5.73 Å². The highest BCUT2D eigenvalue weighted by atomic mass is 19.1. The number of carbonyl (C=O) groups excluding carboxylic acids is 1. The average molecular weight is 255 g/mol. The maximum atomic E-state index is 13.4. The largest absolute Gasteiger partial charge is 0.478 e. The number of carboxylic acids is 1. The van der Waals surface area contributed by atoms with Gasteiger partial charge in [-0.05, 0) is 31.2 Å². The number of aromatic carboxylic acids is 1. The van der Waals surface area contributed by atoms with Crippen LogP contribution < -0.4 is 16.4 Å². The molecule has 0 aromatic heterocycles. The van der Waals surface area contributed by atoms with Crippen LogP contribution in [0.25, 0.3) is 0 Å². The number of carbonyl (C=O) groups is 2. The summed E-state index contributed by atoms with van der Waals surface area (Å²) >= 11 is 0. The second-order valence-corrected chi connectivity index (χ2v) is 3.52. The summed E-state index contributed by atoms with van der Waals surface area (Å²) in [7, 11) is 0. The fourth-order valence-electron chi connectivity index (χ4n) is 1.22. The second-order valence-electron chi connectivity index (χ2n) is 3.52. The van der Waals surface area contributed by atoms with Crippen molar-refractivity contribution >= 4 is 17.7 Å². The number of urea groups is 1. The fraction of sp³-hybridized carbons (Fsp3) is 0.273. The van der Waals surface area contributed by atoms with E-state index >= 15 is 0 Å². The van der Waals surface area contributed by atoms with Crippen LogP contribution in [0.4, 0.5) is 14.9 Å². The molecule has 2 amide bonds. The standard InChI is InChI=1S/C11H14FN3O3/c12-8-6-7(10(16)17)2-3-9(8)15-11(18)14-5-1-4-13/h2-3,6H,1,4-5,13H2,(H,16,17)(H2,14,15,18). The van der Waals surface area contributed by atoms with E-state index in [2.05, 4.69) is 10.6 Å². The molecule has 5 N–H and O–H groups in total. The van der Waals surface area contributed by atoms with Crippen molar-refractivity contribution in [3.8, 4) is 0 Å². The highest BCUT2D eigenvalue weighted by Crippen LogP contribution is 2.15. The molecule has 18 heavy (non-hydrogen) atoms. The summed E-state index contributed by atoms with van der Waals surface area (Å²) < 4.78 is 13.4. The van der Waals surface area contributed by atoms with Crippen molar-refractivity contribution in [2.45, 2.75) is 6.42 Å². The minimum atomic E-state index is -1.23. The van der Waals surface area contributed by atoms with Crippen LogP contribution in [0.1, 0.15) is 16.8 Å². The van der Waals surface area contributed by atoms with E-state index in [1.54, 1.807) is 0 Å². The summed E-state index contributed by atoms with van der Waals surface area (Å²) in [5.41, 5.74) is 4.99. The van der Waals surface area contributed by atoms with E-state index in [1.165, 1.54) is 12.1 Å². The van der Waals surface area contributed by atoms with E-state index in [4.69, 9.17) is 10.8 Å². The monoisotopic (exact) mass is 255 g/mol. The molecule has 1 aromatic rings. The molecule has 0 spiro atoms. The van der Waals surface area contributed by atoms with Gasteiger partial charge in [0.15, 0.2) is 0 Å². The highest BCUT2D eigenvalue weighted by Gasteiger charge is 2.10. The van der Waals surface area contributed by atoms with Gasteiger partial charge < -0.3 is 21.5 Å². The topological polar surface area (TPSA) is 104 Å². The van der Waals surface area contributed by atoms with E-state index in [0.29, 0.717) is 19.5 Å². The zero-order chi connectivity index (χ0) is 13.5. The molecule has 0 saturated heterocycles. The average Bonchev–Trinajstić information content (AvgIpc) is 2.32. The Bertz CT molecular complexity index is 451. The van der Waals surface area contributed by atoms with E-state index in [0.717, 1.165) is 6.07 Å². The van der Waals surface area contributed by atoms with E-state index in [9.17, 15) is 14.0 Å². The number of halogens is 1. The van der Waals surface area contributed by atoms with Crippen LogP contribution >= 0.6 is 0 Å². The first-order valence-corrected chi connectivity index (χ1v) is 5.32. The van der Waals surface area contributed by atoms with E-state index in [-0.39, 0.29) is 11.3 Å². The normalized spacial score (nSPS) is 9.89. The number of anilines is 1. The number of hydrogen-bond donors (Lipinski definition) is 4. The van der Waals surface area contributed by atoms with Crippen molar-refractivity contribution in [3.05, 3.63) is 29.6 Å². The lowest BCUT2D eigenvalue weighted by Crippen LogP contribution is -2.30.